The first-order valence-corrected chi connectivity index (χ1v) is 9.30. The van der Waals surface area contributed by atoms with E-state index in [4.69, 9.17) is 4.74 Å². The Balaban J connectivity index is 1.60. The Kier molecular flexibility index (Phi) is 4.98. The lowest BCUT2D eigenvalue weighted by Gasteiger charge is -2.19. The van der Waals surface area contributed by atoms with Crippen LogP contribution in [0.2, 0.25) is 0 Å². The largest absolute Gasteiger partial charge is 0.497 e. The number of methoxy groups -OCH3 is 1. The van der Waals surface area contributed by atoms with Gasteiger partial charge in [-0.3, -0.25) is 9.69 Å². The molecule has 7 heteroatoms. The van der Waals surface area contributed by atoms with E-state index in [1.165, 1.54) is 12.0 Å². The van der Waals surface area contributed by atoms with Crippen molar-refractivity contribution < 1.29 is 18.3 Å². The van der Waals surface area contributed by atoms with E-state index >= 15 is 0 Å². The number of aromatic nitrogens is 1. The number of rotatable bonds is 4. The van der Waals surface area contributed by atoms with Gasteiger partial charge in [0.05, 0.1) is 12.8 Å². The molecule has 4 rings (SSSR count). The molecule has 28 heavy (non-hydrogen) atoms. The minimum absolute atomic E-state index is 0.0380. The third-order valence-corrected chi connectivity index (χ3v) is 5.21. The van der Waals surface area contributed by atoms with E-state index in [2.05, 4.69) is 10.3 Å². The first kappa shape index (κ1) is 18.4. The van der Waals surface area contributed by atoms with Gasteiger partial charge in [0.1, 0.15) is 23.2 Å². The van der Waals surface area contributed by atoms with Crippen molar-refractivity contribution in [2.45, 2.75) is 25.2 Å². The van der Waals surface area contributed by atoms with Gasteiger partial charge < -0.3 is 10.1 Å². The summed E-state index contributed by atoms with van der Waals surface area (Å²) in [4.78, 5) is 18.7. The second kappa shape index (κ2) is 7.58. The van der Waals surface area contributed by atoms with E-state index in [0.717, 1.165) is 42.8 Å². The van der Waals surface area contributed by atoms with Crippen molar-refractivity contribution in [3.05, 3.63) is 59.4 Å². The number of hydrogen-bond acceptors (Lipinski definition) is 4. The van der Waals surface area contributed by atoms with Gasteiger partial charge in [-0.05, 0) is 30.5 Å². The van der Waals surface area contributed by atoms with Gasteiger partial charge in [-0.25, -0.2) is 13.8 Å². The molecule has 1 saturated heterocycles. The van der Waals surface area contributed by atoms with Crippen molar-refractivity contribution in [3.8, 4) is 5.75 Å². The van der Waals surface area contributed by atoms with Crippen LogP contribution in [0.25, 0.3) is 5.57 Å². The average Bonchev–Trinajstić information content (AvgIpc) is 3.09. The summed E-state index contributed by atoms with van der Waals surface area (Å²) in [6.07, 6.45) is 3.93. The minimum Gasteiger partial charge on any atom is -0.497 e. The Morgan fingerprint density at radius 1 is 1.25 bits per heavy atom. The van der Waals surface area contributed by atoms with Gasteiger partial charge in [0.2, 0.25) is 5.91 Å². The van der Waals surface area contributed by atoms with E-state index in [-0.39, 0.29) is 30.2 Å². The smallest absolute Gasteiger partial charge is 0.228 e. The number of carbonyl (C=O) groups is 1. The van der Waals surface area contributed by atoms with E-state index in [9.17, 15) is 13.6 Å². The van der Waals surface area contributed by atoms with Gasteiger partial charge in [0.25, 0.3) is 0 Å². The number of nitrogens with one attached hydrogen (secondary N) is 1. The molecule has 5 nitrogen and oxygen atoms in total. The third-order valence-electron chi connectivity index (χ3n) is 5.21. The number of ether oxygens (including phenoxy) is 1. The molecule has 0 spiro atoms. The summed E-state index contributed by atoms with van der Waals surface area (Å²) >= 11 is 0. The molecule has 2 aliphatic heterocycles. The van der Waals surface area contributed by atoms with E-state index < -0.39 is 17.6 Å². The number of anilines is 1. The van der Waals surface area contributed by atoms with Gasteiger partial charge in [0.15, 0.2) is 0 Å². The summed E-state index contributed by atoms with van der Waals surface area (Å²) in [6, 6.07) is 7.80. The first-order valence-electron chi connectivity index (χ1n) is 9.30. The second-order valence-electron chi connectivity index (χ2n) is 7.02. The molecule has 0 aliphatic carbocycles. The van der Waals surface area contributed by atoms with Crippen LogP contribution in [0.15, 0.2) is 36.5 Å². The molecule has 0 saturated carbocycles. The van der Waals surface area contributed by atoms with Crippen molar-refractivity contribution in [2.24, 2.45) is 0 Å². The molecular formula is C21H21F2N3O2. The normalized spacial score (nSPS) is 19.4. The van der Waals surface area contributed by atoms with Crippen molar-refractivity contribution in [1.29, 1.82) is 0 Å². The molecule has 2 aromatic rings. The minimum atomic E-state index is -0.698. The predicted octanol–water partition coefficient (Wildman–Crippen LogP) is 3.61. The molecule has 0 bridgehead atoms. The van der Waals surface area contributed by atoms with E-state index in [1.807, 2.05) is 18.3 Å². The van der Waals surface area contributed by atoms with Crippen LogP contribution >= 0.6 is 0 Å². The maximum absolute atomic E-state index is 14.4. The Morgan fingerprint density at radius 2 is 2.04 bits per heavy atom. The van der Waals surface area contributed by atoms with Crippen LogP contribution in [0.3, 0.4) is 0 Å². The fraction of sp³-hybridized carbons (Fsp3) is 0.333. The zero-order valence-electron chi connectivity index (χ0n) is 15.5. The van der Waals surface area contributed by atoms with Crippen molar-refractivity contribution in [3.63, 3.8) is 0 Å². The first-order chi connectivity index (χ1) is 13.6. The lowest BCUT2D eigenvalue weighted by Crippen LogP contribution is -2.26. The van der Waals surface area contributed by atoms with Gasteiger partial charge in [0, 0.05) is 49.3 Å². The number of benzene rings is 1. The fourth-order valence-electron chi connectivity index (χ4n) is 3.79. The van der Waals surface area contributed by atoms with Crippen LogP contribution in [-0.4, -0.2) is 31.1 Å². The monoisotopic (exact) mass is 385 g/mol. The molecule has 1 N–H and O–H groups in total. The number of pyridine rings is 1. The number of halogens is 2. The van der Waals surface area contributed by atoms with Gasteiger partial charge in [-0.1, -0.05) is 6.07 Å². The van der Waals surface area contributed by atoms with E-state index in [0.29, 0.717) is 5.82 Å². The Morgan fingerprint density at radius 3 is 2.71 bits per heavy atom. The standard InChI is InChI=1S/C21H21F2N3O2/c1-28-15-9-16(22)21(17(23)10-15)14-8-20(27)26(12-14)19-6-2-5-18(25-19)13-4-3-7-24-11-13/h2,5-6,9-11,14,24H,3-4,7-8,12H2,1H3. The molecule has 1 aromatic heterocycles. The highest BCUT2D eigenvalue weighted by Crippen LogP contribution is 2.35. The highest BCUT2D eigenvalue weighted by atomic mass is 19.1. The summed E-state index contributed by atoms with van der Waals surface area (Å²) < 4.78 is 33.8. The number of carbonyl (C=O) groups excluding carboxylic acids is 1. The predicted molar refractivity (Wildman–Crippen MR) is 102 cm³/mol. The Labute approximate surface area is 162 Å². The van der Waals surface area contributed by atoms with Crippen LogP contribution in [0.5, 0.6) is 5.75 Å². The highest BCUT2D eigenvalue weighted by Gasteiger charge is 2.35. The van der Waals surface area contributed by atoms with Crippen molar-refractivity contribution in [2.75, 3.05) is 25.1 Å². The van der Waals surface area contributed by atoms with Crippen LogP contribution < -0.4 is 15.0 Å². The molecule has 1 fully saturated rings. The molecule has 1 unspecified atom stereocenters. The van der Waals surface area contributed by atoms with Crippen molar-refractivity contribution >= 4 is 17.3 Å². The number of hydrogen-bond donors (Lipinski definition) is 1. The average molecular weight is 385 g/mol. The number of amides is 1. The van der Waals surface area contributed by atoms with E-state index in [1.54, 1.807) is 6.07 Å². The summed E-state index contributed by atoms with van der Waals surface area (Å²) in [7, 11) is 1.35. The molecule has 3 heterocycles. The molecule has 0 radical (unpaired) electrons. The topological polar surface area (TPSA) is 54.5 Å². The fourth-order valence-corrected chi connectivity index (χ4v) is 3.79. The van der Waals surface area contributed by atoms with Crippen LogP contribution in [0, 0.1) is 11.6 Å². The summed E-state index contributed by atoms with van der Waals surface area (Å²) in [6.45, 7) is 1.13. The molecule has 2 aliphatic rings. The molecule has 1 amide bonds. The van der Waals surface area contributed by atoms with Crippen LogP contribution in [0.1, 0.15) is 36.4 Å². The van der Waals surface area contributed by atoms with Crippen LogP contribution in [0.4, 0.5) is 14.6 Å². The number of nitrogens with zero attached hydrogens (tertiary/aromatic N) is 2. The quantitative estimate of drug-likeness (QED) is 0.874. The van der Waals surface area contributed by atoms with Gasteiger partial charge >= 0.3 is 0 Å². The Bertz CT molecular complexity index is 922. The zero-order chi connectivity index (χ0) is 19.7. The SMILES string of the molecule is COc1cc(F)c(C2CC(=O)N(c3cccc(C4=CNCCC4)n3)C2)c(F)c1. The lowest BCUT2D eigenvalue weighted by atomic mass is 9.97. The van der Waals surface area contributed by atoms with Gasteiger partial charge in [-0.15, -0.1) is 0 Å². The molecule has 146 valence electrons. The summed E-state index contributed by atoms with van der Waals surface area (Å²) in [5.41, 5.74) is 1.82. The number of allylic oxidation sites excluding steroid dienone is 1. The molecule has 1 aromatic carbocycles. The summed E-state index contributed by atoms with van der Waals surface area (Å²) in [5.74, 6) is -1.54. The summed E-state index contributed by atoms with van der Waals surface area (Å²) in [5, 5.41) is 3.21. The zero-order valence-corrected chi connectivity index (χ0v) is 15.5. The molecular weight excluding hydrogens is 364 g/mol. The maximum atomic E-state index is 14.4. The van der Waals surface area contributed by atoms with Gasteiger partial charge in [-0.2, -0.15) is 0 Å². The van der Waals surface area contributed by atoms with Crippen molar-refractivity contribution in [1.82, 2.24) is 10.3 Å². The Hall–Kier alpha value is -2.96. The van der Waals surface area contributed by atoms with Crippen LogP contribution in [-0.2, 0) is 4.79 Å². The highest BCUT2D eigenvalue weighted by molar-refractivity contribution is 5.95. The third kappa shape index (κ3) is 3.44. The second-order valence-corrected chi connectivity index (χ2v) is 7.02. The lowest BCUT2D eigenvalue weighted by molar-refractivity contribution is -0.117. The molecule has 1 atom stereocenters. The maximum Gasteiger partial charge on any atom is 0.228 e.